The summed E-state index contributed by atoms with van der Waals surface area (Å²) in [5.74, 6) is -0.213. The van der Waals surface area contributed by atoms with E-state index in [1.165, 1.54) is 12.1 Å². The van der Waals surface area contributed by atoms with Crippen LogP contribution in [0.4, 0.5) is 4.39 Å². The minimum Gasteiger partial charge on any atom is -0.376 e. The second-order valence-electron chi connectivity index (χ2n) is 5.15. The van der Waals surface area contributed by atoms with Crippen LogP contribution in [0.5, 0.6) is 0 Å². The fraction of sp³-hybridized carbons (Fsp3) is 0.600. The molecular weight excluding hydrogens is 243 g/mol. The lowest BCUT2D eigenvalue weighted by atomic mass is 10.0. The fourth-order valence-electron chi connectivity index (χ4n) is 2.43. The Balaban J connectivity index is 1.79. The molecule has 2 N–H and O–H groups in total. The van der Waals surface area contributed by atoms with Crippen LogP contribution < -0.4 is 5.73 Å². The van der Waals surface area contributed by atoms with Gasteiger partial charge in [0.2, 0.25) is 0 Å². The first-order valence-corrected chi connectivity index (χ1v) is 7.04. The number of rotatable bonds is 5. The lowest BCUT2D eigenvalue weighted by Gasteiger charge is -2.33. The molecule has 0 aliphatic carbocycles. The summed E-state index contributed by atoms with van der Waals surface area (Å²) in [6, 6.07) is 6.46. The highest BCUT2D eigenvalue weighted by Gasteiger charge is 2.19. The number of nitrogens with two attached hydrogens (primary N) is 1. The van der Waals surface area contributed by atoms with Crippen LogP contribution in [0.25, 0.3) is 0 Å². The van der Waals surface area contributed by atoms with Gasteiger partial charge < -0.3 is 10.5 Å². The molecule has 2 rings (SSSR count). The molecule has 0 amide bonds. The van der Waals surface area contributed by atoms with Crippen molar-refractivity contribution in [2.24, 2.45) is 5.73 Å². The molecule has 1 aromatic carbocycles. The van der Waals surface area contributed by atoms with Crippen LogP contribution in [0.1, 0.15) is 31.4 Å². The number of hydrogen-bond donors (Lipinski definition) is 1. The lowest BCUT2D eigenvalue weighted by molar-refractivity contribution is -0.0302. The maximum absolute atomic E-state index is 12.8. The van der Waals surface area contributed by atoms with E-state index < -0.39 is 0 Å². The highest BCUT2D eigenvalue weighted by molar-refractivity contribution is 5.19. The smallest absolute Gasteiger partial charge is 0.123 e. The van der Waals surface area contributed by atoms with Gasteiger partial charge in [0.15, 0.2) is 0 Å². The molecule has 1 aliphatic heterocycles. The summed E-state index contributed by atoms with van der Waals surface area (Å²) >= 11 is 0. The summed E-state index contributed by atoms with van der Waals surface area (Å²) in [5.41, 5.74) is 7.15. The lowest BCUT2D eigenvalue weighted by Crippen LogP contribution is -2.43. The maximum atomic E-state index is 12.8. The van der Waals surface area contributed by atoms with Crippen molar-refractivity contribution in [3.8, 4) is 0 Å². The number of benzene rings is 1. The van der Waals surface area contributed by atoms with Crippen LogP contribution in [0, 0.1) is 5.82 Å². The van der Waals surface area contributed by atoms with Crippen molar-refractivity contribution in [3.63, 3.8) is 0 Å². The SMILES string of the molecule is CCC1CN(CCC(N)c2ccc(F)cc2)CCO1. The molecule has 1 aromatic rings. The second-order valence-corrected chi connectivity index (χ2v) is 5.15. The van der Waals surface area contributed by atoms with E-state index in [1.54, 1.807) is 12.1 Å². The van der Waals surface area contributed by atoms with Gasteiger partial charge in [-0.25, -0.2) is 4.39 Å². The van der Waals surface area contributed by atoms with Crippen molar-refractivity contribution in [1.82, 2.24) is 4.90 Å². The number of ether oxygens (including phenoxy) is 1. The number of halogens is 1. The van der Waals surface area contributed by atoms with Crippen LogP contribution in [-0.4, -0.2) is 37.2 Å². The van der Waals surface area contributed by atoms with Crippen LogP contribution in [0.2, 0.25) is 0 Å². The Morgan fingerprint density at radius 3 is 2.84 bits per heavy atom. The van der Waals surface area contributed by atoms with E-state index in [1.807, 2.05) is 0 Å². The predicted octanol–water partition coefficient (Wildman–Crippen LogP) is 2.33. The van der Waals surface area contributed by atoms with Crippen molar-refractivity contribution in [2.45, 2.75) is 31.9 Å². The summed E-state index contributed by atoms with van der Waals surface area (Å²) in [6.45, 7) is 5.90. The molecule has 0 saturated carbocycles. The summed E-state index contributed by atoms with van der Waals surface area (Å²) in [4.78, 5) is 2.40. The Bertz CT molecular complexity index is 382. The average molecular weight is 266 g/mol. The maximum Gasteiger partial charge on any atom is 0.123 e. The van der Waals surface area contributed by atoms with Gasteiger partial charge >= 0.3 is 0 Å². The standard InChI is InChI=1S/C15H23FN2O/c1-2-14-11-18(9-10-19-14)8-7-15(17)12-3-5-13(16)6-4-12/h3-6,14-15H,2,7-11,17H2,1H3. The van der Waals surface area contributed by atoms with Gasteiger partial charge in [-0.2, -0.15) is 0 Å². The molecule has 0 spiro atoms. The molecule has 4 heteroatoms. The molecule has 0 radical (unpaired) electrons. The highest BCUT2D eigenvalue weighted by atomic mass is 19.1. The van der Waals surface area contributed by atoms with Gasteiger partial charge in [0, 0.05) is 25.7 Å². The number of morpholine rings is 1. The summed E-state index contributed by atoms with van der Waals surface area (Å²) in [7, 11) is 0. The van der Waals surface area contributed by atoms with E-state index in [9.17, 15) is 4.39 Å². The van der Waals surface area contributed by atoms with E-state index in [-0.39, 0.29) is 11.9 Å². The second kappa shape index (κ2) is 6.98. The first-order chi connectivity index (χ1) is 9.19. The zero-order chi connectivity index (χ0) is 13.7. The largest absolute Gasteiger partial charge is 0.376 e. The topological polar surface area (TPSA) is 38.5 Å². The van der Waals surface area contributed by atoms with Gasteiger partial charge in [-0.3, -0.25) is 4.90 Å². The predicted molar refractivity (Wildman–Crippen MR) is 74.4 cm³/mol. The van der Waals surface area contributed by atoms with Gasteiger partial charge in [0.25, 0.3) is 0 Å². The van der Waals surface area contributed by atoms with Gasteiger partial charge in [0.1, 0.15) is 5.82 Å². The molecule has 1 heterocycles. The third kappa shape index (κ3) is 4.27. The van der Waals surface area contributed by atoms with Gasteiger partial charge in [-0.15, -0.1) is 0 Å². The Labute approximate surface area is 114 Å². The molecule has 1 fully saturated rings. The van der Waals surface area contributed by atoms with Crippen LogP contribution >= 0.6 is 0 Å². The summed E-state index contributed by atoms with van der Waals surface area (Å²) < 4.78 is 18.5. The van der Waals surface area contributed by atoms with E-state index in [4.69, 9.17) is 10.5 Å². The minimum absolute atomic E-state index is 0.0245. The van der Waals surface area contributed by atoms with Crippen molar-refractivity contribution >= 4 is 0 Å². The normalized spacial score (nSPS) is 22.4. The van der Waals surface area contributed by atoms with E-state index in [0.29, 0.717) is 6.10 Å². The van der Waals surface area contributed by atoms with Crippen LogP contribution in [0.15, 0.2) is 24.3 Å². The monoisotopic (exact) mass is 266 g/mol. The third-order valence-electron chi connectivity index (χ3n) is 3.73. The molecule has 2 unspecified atom stereocenters. The van der Waals surface area contributed by atoms with E-state index in [2.05, 4.69) is 11.8 Å². The zero-order valence-electron chi connectivity index (χ0n) is 11.5. The first-order valence-electron chi connectivity index (χ1n) is 7.04. The Hall–Kier alpha value is -0.970. The fourth-order valence-corrected chi connectivity index (χ4v) is 2.43. The molecule has 1 aliphatic rings. The Kier molecular flexibility index (Phi) is 5.31. The van der Waals surface area contributed by atoms with Crippen molar-refractivity contribution < 1.29 is 9.13 Å². The number of hydrogen-bond acceptors (Lipinski definition) is 3. The van der Waals surface area contributed by atoms with Gasteiger partial charge in [-0.1, -0.05) is 19.1 Å². The van der Waals surface area contributed by atoms with Crippen molar-refractivity contribution in [1.29, 1.82) is 0 Å². The van der Waals surface area contributed by atoms with Crippen molar-refractivity contribution in [2.75, 3.05) is 26.2 Å². The molecule has 106 valence electrons. The third-order valence-corrected chi connectivity index (χ3v) is 3.73. The van der Waals surface area contributed by atoms with Gasteiger partial charge in [-0.05, 0) is 30.5 Å². The van der Waals surface area contributed by atoms with Gasteiger partial charge in [0.05, 0.1) is 12.7 Å². The highest BCUT2D eigenvalue weighted by Crippen LogP contribution is 2.16. The van der Waals surface area contributed by atoms with E-state index >= 15 is 0 Å². The van der Waals surface area contributed by atoms with E-state index in [0.717, 1.165) is 44.6 Å². The minimum atomic E-state index is -0.213. The molecule has 19 heavy (non-hydrogen) atoms. The first kappa shape index (κ1) is 14.4. The quantitative estimate of drug-likeness (QED) is 0.889. The molecule has 1 saturated heterocycles. The molecular formula is C15H23FN2O. The summed E-state index contributed by atoms with van der Waals surface area (Å²) in [5, 5.41) is 0. The average Bonchev–Trinajstić information content (AvgIpc) is 2.46. The summed E-state index contributed by atoms with van der Waals surface area (Å²) in [6.07, 6.45) is 2.30. The van der Waals surface area contributed by atoms with Crippen molar-refractivity contribution in [3.05, 3.63) is 35.6 Å². The number of nitrogens with zero attached hydrogens (tertiary/aromatic N) is 1. The zero-order valence-corrected chi connectivity index (χ0v) is 11.5. The van der Waals surface area contributed by atoms with Crippen LogP contribution in [0.3, 0.4) is 0 Å². The molecule has 2 atom stereocenters. The Morgan fingerprint density at radius 1 is 1.42 bits per heavy atom. The molecule has 3 nitrogen and oxygen atoms in total. The van der Waals surface area contributed by atoms with Crippen LogP contribution in [-0.2, 0) is 4.74 Å². The molecule has 0 bridgehead atoms. The molecule has 0 aromatic heterocycles. The Morgan fingerprint density at radius 2 is 2.16 bits per heavy atom.